The van der Waals surface area contributed by atoms with Gasteiger partial charge in [0.1, 0.15) is 0 Å². The molecule has 2 atom stereocenters. The molecule has 0 aromatic carbocycles. The van der Waals surface area contributed by atoms with Crippen molar-refractivity contribution in [3.05, 3.63) is 0 Å². The molecule has 5 nitrogen and oxygen atoms in total. The fourth-order valence-electron chi connectivity index (χ4n) is 2.84. The van der Waals surface area contributed by atoms with E-state index in [2.05, 4.69) is 0 Å². The van der Waals surface area contributed by atoms with E-state index in [0.717, 1.165) is 25.7 Å². The van der Waals surface area contributed by atoms with Crippen molar-refractivity contribution < 1.29 is 8.42 Å². The van der Waals surface area contributed by atoms with Gasteiger partial charge in [-0.15, -0.1) is 0 Å². The van der Waals surface area contributed by atoms with E-state index in [-0.39, 0.29) is 6.04 Å². The van der Waals surface area contributed by atoms with Crippen molar-refractivity contribution in [2.24, 2.45) is 11.7 Å². The summed E-state index contributed by atoms with van der Waals surface area (Å²) in [6, 6.07) is 0.0642. The quantitative estimate of drug-likeness (QED) is 0.788. The Morgan fingerprint density at radius 2 is 1.72 bits per heavy atom. The van der Waals surface area contributed by atoms with Crippen LogP contribution in [0.3, 0.4) is 0 Å². The zero-order chi connectivity index (χ0) is 13.8. The summed E-state index contributed by atoms with van der Waals surface area (Å²) >= 11 is 0. The van der Waals surface area contributed by atoms with Crippen LogP contribution in [0.15, 0.2) is 0 Å². The van der Waals surface area contributed by atoms with Crippen molar-refractivity contribution in [1.82, 2.24) is 8.61 Å². The lowest BCUT2D eigenvalue weighted by Crippen LogP contribution is -2.51. The monoisotopic (exact) mass is 277 g/mol. The fourth-order valence-corrected chi connectivity index (χ4v) is 4.48. The Morgan fingerprint density at radius 1 is 1.17 bits per heavy atom. The Labute approximate surface area is 112 Å². The first kappa shape index (κ1) is 15.9. The van der Waals surface area contributed by atoms with Crippen LogP contribution in [0.5, 0.6) is 0 Å². The smallest absolute Gasteiger partial charge is 0.281 e. The minimum atomic E-state index is -3.33. The molecular weight excluding hydrogens is 250 g/mol. The van der Waals surface area contributed by atoms with Gasteiger partial charge in [0.05, 0.1) is 0 Å². The summed E-state index contributed by atoms with van der Waals surface area (Å²) in [5.74, 6) is 0.300. The van der Waals surface area contributed by atoms with E-state index in [9.17, 15) is 8.42 Å². The maximum atomic E-state index is 12.5. The van der Waals surface area contributed by atoms with Crippen molar-refractivity contribution in [3.8, 4) is 0 Å². The van der Waals surface area contributed by atoms with Gasteiger partial charge in [0.15, 0.2) is 0 Å². The average Bonchev–Trinajstić information content (AvgIpc) is 2.38. The summed E-state index contributed by atoms with van der Waals surface area (Å²) in [7, 11) is -1.63. The Balaban J connectivity index is 2.87. The Morgan fingerprint density at radius 3 is 2.22 bits per heavy atom. The second-order valence-corrected chi connectivity index (χ2v) is 6.94. The predicted molar refractivity (Wildman–Crippen MR) is 74.4 cm³/mol. The van der Waals surface area contributed by atoms with Crippen LogP contribution >= 0.6 is 0 Å². The van der Waals surface area contributed by atoms with E-state index in [1.165, 1.54) is 4.31 Å². The minimum Gasteiger partial charge on any atom is -0.330 e. The molecule has 1 aliphatic carbocycles. The molecule has 1 aliphatic rings. The van der Waals surface area contributed by atoms with Crippen molar-refractivity contribution in [2.45, 2.75) is 45.6 Å². The zero-order valence-corrected chi connectivity index (χ0v) is 12.6. The molecule has 0 aromatic rings. The van der Waals surface area contributed by atoms with Crippen LogP contribution in [0.4, 0.5) is 0 Å². The molecule has 18 heavy (non-hydrogen) atoms. The lowest BCUT2D eigenvalue weighted by Gasteiger charge is -2.38. The van der Waals surface area contributed by atoms with Gasteiger partial charge in [-0.05, 0) is 25.3 Å². The molecule has 1 saturated carbocycles. The molecular formula is C12H27N3O2S. The normalized spacial score (nSPS) is 25.9. The number of rotatable bonds is 6. The molecule has 2 unspecified atom stereocenters. The van der Waals surface area contributed by atoms with Crippen LogP contribution in [-0.2, 0) is 10.2 Å². The van der Waals surface area contributed by atoms with Crippen LogP contribution in [0.25, 0.3) is 0 Å². The van der Waals surface area contributed by atoms with E-state index < -0.39 is 10.2 Å². The lowest BCUT2D eigenvalue weighted by atomic mass is 9.85. The van der Waals surface area contributed by atoms with Gasteiger partial charge in [0.2, 0.25) is 0 Å². The van der Waals surface area contributed by atoms with E-state index in [0.29, 0.717) is 25.6 Å². The molecule has 0 spiro atoms. The highest BCUT2D eigenvalue weighted by atomic mass is 32.2. The molecule has 2 N–H and O–H groups in total. The molecule has 0 bridgehead atoms. The first-order valence-electron chi connectivity index (χ1n) is 6.92. The number of nitrogens with zero attached hydrogens (tertiary/aromatic N) is 2. The van der Waals surface area contributed by atoms with Crippen LogP contribution in [0, 0.1) is 5.92 Å². The second kappa shape index (κ2) is 6.84. The van der Waals surface area contributed by atoms with E-state index in [1.807, 2.05) is 13.8 Å². The topological polar surface area (TPSA) is 66.6 Å². The van der Waals surface area contributed by atoms with Crippen molar-refractivity contribution in [3.63, 3.8) is 0 Å². The van der Waals surface area contributed by atoms with Crippen LogP contribution in [-0.4, -0.2) is 49.8 Å². The third kappa shape index (κ3) is 3.23. The van der Waals surface area contributed by atoms with Crippen LogP contribution < -0.4 is 5.73 Å². The van der Waals surface area contributed by atoms with Gasteiger partial charge < -0.3 is 5.73 Å². The number of hydrogen-bond donors (Lipinski definition) is 1. The van der Waals surface area contributed by atoms with Gasteiger partial charge in [-0.25, -0.2) is 0 Å². The minimum absolute atomic E-state index is 0.0642. The third-order valence-electron chi connectivity index (χ3n) is 4.03. The molecule has 1 rings (SSSR count). The molecule has 0 aromatic heterocycles. The first-order valence-corrected chi connectivity index (χ1v) is 8.31. The van der Waals surface area contributed by atoms with Crippen molar-refractivity contribution in [1.29, 1.82) is 0 Å². The van der Waals surface area contributed by atoms with Crippen molar-refractivity contribution >= 4 is 10.2 Å². The average molecular weight is 277 g/mol. The molecule has 0 radical (unpaired) electrons. The predicted octanol–water partition coefficient (Wildman–Crippen LogP) is 1.02. The molecule has 1 fully saturated rings. The maximum absolute atomic E-state index is 12.5. The second-order valence-electron chi connectivity index (χ2n) is 4.96. The van der Waals surface area contributed by atoms with Crippen LogP contribution in [0.1, 0.15) is 39.5 Å². The summed E-state index contributed by atoms with van der Waals surface area (Å²) in [5, 5.41) is 0. The first-order chi connectivity index (χ1) is 8.48. The van der Waals surface area contributed by atoms with Gasteiger partial charge in [0.25, 0.3) is 10.2 Å². The highest BCUT2D eigenvalue weighted by molar-refractivity contribution is 7.86. The van der Waals surface area contributed by atoms with E-state index in [4.69, 9.17) is 5.73 Å². The SMILES string of the molecule is CCN(CC)S(=O)(=O)N(C)C1CCCCC1CN. The largest absolute Gasteiger partial charge is 0.330 e. The summed E-state index contributed by atoms with van der Waals surface area (Å²) in [4.78, 5) is 0. The highest BCUT2D eigenvalue weighted by Gasteiger charge is 2.35. The van der Waals surface area contributed by atoms with Gasteiger partial charge >= 0.3 is 0 Å². The summed E-state index contributed by atoms with van der Waals surface area (Å²) < 4.78 is 28.0. The van der Waals surface area contributed by atoms with Gasteiger partial charge in [-0.3, -0.25) is 0 Å². The highest BCUT2D eigenvalue weighted by Crippen LogP contribution is 2.29. The molecule has 0 heterocycles. The van der Waals surface area contributed by atoms with Crippen LogP contribution in [0.2, 0.25) is 0 Å². The summed E-state index contributed by atoms with van der Waals surface area (Å²) in [5.41, 5.74) is 5.78. The maximum Gasteiger partial charge on any atom is 0.281 e. The molecule has 0 aliphatic heterocycles. The van der Waals surface area contributed by atoms with E-state index in [1.54, 1.807) is 11.4 Å². The Bertz CT molecular complexity index is 341. The fraction of sp³-hybridized carbons (Fsp3) is 1.00. The number of nitrogens with two attached hydrogens (primary N) is 1. The zero-order valence-electron chi connectivity index (χ0n) is 11.8. The molecule has 108 valence electrons. The van der Waals surface area contributed by atoms with Gasteiger partial charge in [-0.2, -0.15) is 17.0 Å². The standard InChI is InChI=1S/C12H27N3O2S/c1-4-15(5-2)18(16,17)14(3)12-9-7-6-8-11(12)10-13/h11-12H,4-10,13H2,1-3H3. The third-order valence-corrected chi connectivity index (χ3v) is 6.20. The summed E-state index contributed by atoms with van der Waals surface area (Å²) in [6.45, 7) is 5.35. The summed E-state index contributed by atoms with van der Waals surface area (Å²) in [6.07, 6.45) is 4.23. The Hall–Kier alpha value is -0.170. The van der Waals surface area contributed by atoms with Crippen molar-refractivity contribution in [2.75, 3.05) is 26.7 Å². The Kier molecular flexibility index (Phi) is 6.04. The van der Waals surface area contributed by atoms with Gasteiger partial charge in [0, 0.05) is 26.2 Å². The van der Waals surface area contributed by atoms with Gasteiger partial charge in [-0.1, -0.05) is 26.7 Å². The number of hydrogen-bond acceptors (Lipinski definition) is 3. The van der Waals surface area contributed by atoms with E-state index >= 15 is 0 Å². The molecule has 6 heteroatoms. The molecule has 0 saturated heterocycles. The molecule has 0 amide bonds. The lowest BCUT2D eigenvalue weighted by molar-refractivity contribution is 0.195.